The van der Waals surface area contributed by atoms with Crippen molar-refractivity contribution in [3.8, 4) is 17.2 Å². The quantitative estimate of drug-likeness (QED) is 0.589. The Morgan fingerprint density at radius 1 is 1.26 bits per heavy atom. The summed E-state index contributed by atoms with van der Waals surface area (Å²) in [6, 6.07) is 10.2. The Balaban J connectivity index is 1.36. The molecular formula is C20H21N3O3S. The van der Waals surface area contributed by atoms with Crippen molar-refractivity contribution in [1.82, 2.24) is 15.1 Å². The third-order valence-electron chi connectivity index (χ3n) is 4.61. The maximum absolute atomic E-state index is 12.8. The van der Waals surface area contributed by atoms with Crippen molar-refractivity contribution in [1.29, 1.82) is 0 Å². The van der Waals surface area contributed by atoms with E-state index in [4.69, 9.17) is 9.15 Å². The number of carbonyl (C=O) groups excluding carboxylic acids is 1. The van der Waals surface area contributed by atoms with Crippen LogP contribution in [0.15, 0.2) is 45.5 Å². The van der Waals surface area contributed by atoms with Gasteiger partial charge < -0.3 is 14.1 Å². The van der Waals surface area contributed by atoms with Gasteiger partial charge in [-0.25, -0.2) is 0 Å². The fourth-order valence-electron chi connectivity index (χ4n) is 2.95. The van der Waals surface area contributed by atoms with Crippen molar-refractivity contribution in [2.75, 3.05) is 7.11 Å². The number of ether oxygens (including phenoxy) is 1. The maximum Gasteiger partial charge on any atom is 0.248 e. The average Bonchev–Trinajstić information content (AvgIpc) is 3.19. The van der Waals surface area contributed by atoms with E-state index < -0.39 is 0 Å². The van der Waals surface area contributed by atoms with Crippen LogP contribution in [-0.4, -0.2) is 34.2 Å². The summed E-state index contributed by atoms with van der Waals surface area (Å²) in [6.07, 6.45) is 2.98. The number of hydrogen-bond acceptors (Lipinski definition) is 6. The van der Waals surface area contributed by atoms with Crippen molar-refractivity contribution in [3.63, 3.8) is 0 Å². The molecule has 1 fully saturated rings. The monoisotopic (exact) mass is 383 g/mol. The van der Waals surface area contributed by atoms with E-state index in [1.54, 1.807) is 18.4 Å². The molecule has 6 nitrogen and oxygen atoms in total. The van der Waals surface area contributed by atoms with Crippen LogP contribution in [0.5, 0.6) is 5.75 Å². The van der Waals surface area contributed by atoms with Crippen LogP contribution in [-0.2, 0) is 17.8 Å². The molecule has 1 aliphatic rings. The van der Waals surface area contributed by atoms with E-state index in [-0.39, 0.29) is 5.91 Å². The Morgan fingerprint density at radius 2 is 2.07 bits per heavy atom. The molecule has 3 aromatic rings. The summed E-state index contributed by atoms with van der Waals surface area (Å²) >= 11 is 1.58. The highest BCUT2D eigenvalue weighted by atomic mass is 32.1. The molecule has 0 aliphatic heterocycles. The third kappa shape index (κ3) is 4.36. The normalized spacial score (nSPS) is 13.5. The molecule has 0 spiro atoms. The fraction of sp³-hybridized carbons (Fsp3) is 0.350. The number of methoxy groups -OCH3 is 1. The lowest BCUT2D eigenvalue weighted by Crippen LogP contribution is -2.32. The van der Waals surface area contributed by atoms with E-state index in [9.17, 15) is 4.79 Å². The van der Waals surface area contributed by atoms with Crippen molar-refractivity contribution in [3.05, 3.63) is 52.5 Å². The molecule has 140 valence electrons. The Labute approximate surface area is 161 Å². The van der Waals surface area contributed by atoms with E-state index in [0.29, 0.717) is 37.2 Å². The first-order valence-electron chi connectivity index (χ1n) is 9.00. The minimum absolute atomic E-state index is 0.128. The zero-order valence-electron chi connectivity index (χ0n) is 15.1. The molecule has 1 amide bonds. The number of amides is 1. The predicted octanol–water partition coefficient (Wildman–Crippen LogP) is 3.93. The van der Waals surface area contributed by atoms with Gasteiger partial charge in [-0.2, -0.15) is 11.3 Å². The largest absolute Gasteiger partial charge is 0.497 e. The zero-order valence-corrected chi connectivity index (χ0v) is 15.9. The SMILES string of the molecule is COc1ccc(CN(C(=O)CCc2nnc(-c3ccsc3)o2)C2CC2)cc1. The van der Waals surface area contributed by atoms with Crippen LogP contribution in [0.25, 0.3) is 11.5 Å². The second-order valence-electron chi connectivity index (χ2n) is 6.61. The molecule has 0 N–H and O–H groups in total. The van der Waals surface area contributed by atoms with Crippen LogP contribution in [0.1, 0.15) is 30.7 Å². The first-order valence-corrected chi connectivity index (χ1v) is 9.94. The number of rotatable bonds is 8. The van der Waals surface area contributed by atoms with Crippen LogP contribution in [0.2, 0.25) is 0 Å². The number of nitrogens with zero attached hydrogens (tertiary/aromatic N) is 3. The van der Waals surface area contributed by atoms with Crippen LogP contribution < -0.4 is 4.74 Å². The topological polar surface area (TPSA) is 68.5 Å². The summed E-state index contributed by atoms with van der Waals surface area (Å²) in [5.74, 6) is 1.96. The molecule has 27 heavy (non-hydrogen) atoms. The molecule has 1 aliphatic carbocycles. The highest BCUT2D eigenvalue weighted by Crippen LogP contribution is 2.29. The summed E-state index contributed by atoms with van der Waals surface area (Å²) < 4.78 is 10.9. The standard InChI is InChI=1S/C20H21N3O3S/c1-25-17-6-2-14(3-7-17)12-23(16-4-5-16)19(24)9-8-18-21-22-20(26-18)15-10-11-27-13-15/h2-3,6-7,10-11,13,16H,4-5,8-9,12H2,1H3. The van der Waals surface area contributed by atoms with Gasteiger partial charge in [-0.15, -0.1) is 10.2 Å². The van der Waals surface area contributed by atoms with E-state index in [1.807, 2.05) is 46.0 Å². The second-order valence-corrected chi connectivity index (χ2v) is 7.39. The zero-order chi connectivity index (χ0) is 18.6. The highest BCUT2D eigenvalue weighted by Gasteiger charge is 2.32. The van der Waals surface area contributed by atoms with Crippen molar-refractivity contribution >= 4 is 17.2 Å². The van der Waals surface area contributed by atoms with E-state index in [2.05, 4.69) is 10.2 Å². The van der Waals surface area contributed by atoms with Gasteiger partial charge in [-0.05, 0) is 42.0 Å². The van der Waals surface area contributed by atoms with Crippen molar-refractivity contribution in [2.24, 2.45) is 0 Å². The molecule has 0 bridgehead atoms. The van der Waals surface area contributed by atoms with Gasteiger partial charge in [0, 0.05) is 36.4 Å². The van der Waals surface area contributed by atoms with Gasteiger partial charge in [0.15, 0.2) is 0 Å². The number of aromatic nitrogens is 2. The second kappa shape index (κ2) is 7.92. The minimum atomic E-state index is 0.128. The Hall–Kier alpha value is -2.67. The van der Waals surface area contributed by atoms with Crippen LogP contribution in [0, 0.1) is 0 Å². The van der Waals surface area contributed by atoms with E-state index in [1.165, 1.54) is 0 Å². The smallest absolute Gasteiger partial charge is 0.248 e. The van der Waals surface area contributed by atoms with Crippen molar-refractivity contribution in [2.45, 2.75) is 38.3 Å². The highest BCUT2D eigenvalue weighted by molar-refractivity contribution is 7.08. The van der Waals surface area contributed by atoms with Crippen LogP contribution >= 0.6 is 11.3 Å². The van der Waals surface area contributed by atoms with Gasteiger partial charge >= 0.3 is 0 Å². The number of carbonyl (C=O) groups is 1. The fourth-order valence-corrected chi connectivity index (χ4v) is 3.58. The molecule has 0 atom stereocenters. The molecule has 2 heterocycles. The van der Waals surface area contributed by atoms with Gasteiger partial charge in [0.1, 0.15) is 5.75 Å². The Morgan fingerprint density at radius 3 is 2.74 bits per heavy atom. The third-order valence-corrected chi connectivity index (χ3v) is 5.29. The number of aryl methyl sites for hydroxylation is 1. The minimum Gasteiger partial charge on any atom is -0.497 e. The van der Waals surface area contributed by atoms with E-state index in [0.717, 1.165) is 29.7 Å². The molecule has 0 radical (unpaired) electrons. The molecule has 2 aromatic heterocycles. The molecule has 1 saturated carbocycles. The lowest BCUT2D eigenvalue weighted by Gasteiger charge is -2.22. The molecule has 1 aromatic carbocycles. The van der Waals surface area contributed by atoms with Gasteiger partial charge in [0.25, 0.3) is 0 Å². The van der Waals surface area contributed by atoms with Gasteiger partial charge in [0.05, 0.1) is 7.11 Å². The summed E-state index contributed by atoms with van der Waals surface area (Å²) in [6.45, 7) is 0.623. The maximum atomic E-state index is 12.8. The summed E-state index contributed by atoms with van der Waals surface area (Å²) in [4.78, 5) is 14.7. The summed E-state index contributed by atoms with van der Waals surface area (Å²) in [5.41, 5.74) is 2.03. The number of benzene rings is 1. The lowest BCUT2D eigenvalue weighted by molar-refractivity contribution is -0.132. The summed E-state index contributed by atoms with van der Waals surface area (Å²) in [7, 11) is 1.65. The van der Waals surface area contributed by atoms with Gasteiger partial charge in [0.2, 0.25) is 17.7 Å². The average molecular weight is 383 g/mol. The predicted molar refractivity (Wildman–Crippen MR) is 102 cm³/mol. The van der Waals surface area contributed by atoms with Gasteiger partial charge in [-0.1, -0.05) is 12.1 Å². The first kappa shape index (κ1) is 17.7. The van der Waals surface area contributed by atoms with Crippen LogP contribution in [0.4, 0.5) is 0 Å². The van der Waals surface area contributed by atoms with Crippen molar-refractivity contribution < 1.29 is 13.9 Å². The molecule has 4 rings (SSSR count). The molecular weight excluding hydrogens is 362 g/mol. The summed E-state index contributed by atoms with van der Waals surface area (Å²) in [5, 5.41) is 12.1. The Kier molecular flexibility index (Phi) is 5.20. The van der Waals surface area contributed by atoms with E-state index >= 15 is 0 Å². The van der Waals surface area contributed by atoms with Gasteiger partial charge in [-0.3, -0.25) is 4.79 Å². The lowest BCUT2D eigenvalue weighted by atomic mass is 10.2. The molecule has 0 saturated heterocycles. The van der Waals surface area contributed by atoms with Crippen LogP contribution in [0.3, 0.4) is 0 Å². The Bertz CT molecular complexity index is 886. The number of thiophene rings is 1. The number of hydrogen-bond donors (Lipinski definition) is 0. The first-order chi connectivity index (χ1) is 13.2. The molecule has 7 heteroatoms. The molecule has 0 unspecified atom stereocenters.